The predicted octanol–water partition coefficient (Wildman–Crippen LogP) is 7.84. The smallest absolute Gasteiger partial charge is 0.0440 e. The van der Waals surface area contributed by atoms with E-state index in [1.165, 1.54) is 25.7 Å². The van der Waals surface area contributed by atoms with Crippen LogP contribution in [0.4, 0.5) is 0 Å². The first-order valence-corrected chi connectivity index (χ1v) is 7.79. The van der Waals surface area contributed by atoms with Gasteiger partial charge < -0.3 is 0 Å². The second-order valence-electron chi connectivity index (χ2n) is 4.53. The molecule has 0 nitrogen and oxygen atoms in total. The lowest BCUT2D eigenvalue weighted by Crippen LogP contribution is -2.09. The van der Waals surface area contributed by atoms with Crippen LogP contribution in [-0.4, -0.2) is 0 Å². The quantitative estimate of drug-likeness (QED) is 0.454. The van der Waals surface area contributed by atoms with Crippen LogP contribution < -0.4 is 0 Å². The number of hydrogen-bond acceptors (Lipinski definition) is 0. The predicted molar refractivity (Wildman–Crippen MR) is 99.4 cm³/mol. The van der Waals surface area contributed by atoms with Crippen molar-refractivity contribution in [2.24, 2.45) is 11.8 Å². The van der Waals surface area contributed by atoms with E-state index in [0.717, 1.165) is 11.8 Å². The monoisotopic (exact) mass is 282 g/mol. The van der Waals surface area contributed by atoms with Crippen LogP contribution in [-0.2, 0) is 0 Å². The number of hydrogen-bond donors (Lipinski definition) is 0. The van der Waals surface area contributed by atoms with Crippen molar-refractivity contribution in [3.05, 3.63) is 36.4 Å². The van der Waals surface area contributed by atoms with Gasteiger partial charge in [0.15, 0.2) is 0 Å². The maximum absolute atomic E-state index is 2.37. The van der Waals surface area contributed by atoms with E-state index in [9.17, 15) is 0 Å². The van der Waals surface area contributed by atoms with E-state index in [-0.39, 0.29) is 14.9 Å². The molecule has 0 N–H and O–H groups in total. The van der Waals surface area contributed by atoms with Crippen molar-refractivity contribution in [3.8, 4) is 0 Å². The molecule has 0 aliphatic heterocycles. The van der Waals surface area contributed by atoms with E-state index in [2.05, 4.69) is 13.8 Å². The average Bonchev–Trinajstić information content (AvgIpc) is 2.45. The van der Waals surface area contributed by atoms with Gasteiger partial charge in [0.2, 0.25) is 0 Å². The molecule has 0 spiro atoms. The zero-order valence-electron chi connectivity index (χ0n) is 13.4. The summed E-state index contributed by atoms with van der Waals surface area (Å²) in [4.78, 5) is 0. The van der Waals surface area contributed by atoms with Gasteiger partial charge in [-0.3, -0.25) is 0 Å². The summed E-state index contributed by atoms with van der Waals surface area (Å²) in [6.45, 7) is 12.7. The topological polar surface area (TPSA) is 0 Å². The molecule has 0 bridgehead atoms. The standard InChI is InChI=1S/C8H16.C6H6.2C2H6.2CH4/c1-7-4-3-5-8(2)6-7;1-2-4-6-5-3-1;2*1-2;;/h7-8H,3-6H2,1-2H3;1-6H;2*1-2H3;2*1H4/t7-,8+;;;;;. The van der Waals surface area contributed by atoms with E-state index in [4.69, 9.17) is 0 Å². The largest absolute Gasteiger partial charge is 0.0776 e. The third kappa shape index (κ3) is 19.6. The van der Waals surface area contributed by atoms with Crippen LogP contribution in [0.3, 0.4) is 0 Å². The van der Waals surface area contributed by atoms with E-state index in [1.807, 2.05) is 64.1 Å². The first-order valence-electron chi connectivity index (χ1n) is 7.79. The van der Waals surface area contributed by atoms with Crippen LogP contribution in [0.25, 0.3) is 0 Å². The minimum atomic E-state index is 0. The Labute approximate surface area is 131 Å². The van der Waals surface area contributed by atoms with Crippen LogP contribution >= 0.6 is 0 Å². The van der Waals surface area contributed by atoms with Gasteiger partial charge in [-0.05, 0) is 18.3 Å². The first kappa shape index (κ1) is 27.5. The lowest BCUT2D eigenvalue weighted by Gasteiger charge is -2.22. The van der Waals surface area contributed by atoms with E-state index in [0.29, 0.717) is 0 Å². The van der Waals surface area contributed by atoms with Crippen LogP contribution in [0, 0.1) is 11.8 Å². The van der Waals surface area contributed by atoms with Crippen molar-refractivity contribution in [1.82, 2.24) is 0 Å². The van der Waals surface area contributed by atoms with Gasteiger partial charge in [-0.15, -0.1) is 0 Å². The number of rotatable bonds is 0. The zero-order chi connectivity index (χ0) is 14.2. The zero-order valence-corrected chi connectivity index (χ0v) is 13.4. The summed E-state index contributed by atoms with van der Waals surface area (Å²) in [7, 11) is 0. The number of benzene rings is 1. The summed E-state index contributed by atoms with van der Waals surface area (Å²) < 4.78 is 0. The molecule has 0 unspecified atom stereocenters. The van der Waals surface area contributed by atoms with E-state index >= 15 is 0 Å². The Morgan fingerprint density at radius 1 is 0.600 bits per heavy atom. The lowest BCUT2D eigenvalue weighted by atomic mass is 9.84. The molecule has 20 heavy (non-hydrogen) atoms. The summed E-state index contributed by atoms with van der Waals surface area (Å²) in [5.74, 6) is 2.03. The molecule has 0 amide bonds. The van der Waals surface area contributed by atoms with Crippen LogP contribution in [0.5, 0.6) is 0 Å². The Hall–Kier alpha value is -0.780. The minimum Gasteiger partial charge on any atom is -0.0776 e. The molecular formula is C20H42. The molecule has 1 aliphatic rings. The molecule has 0 radical (unpaired) electrons. The Balaban J connectivity index is -0.0000000965. The maximum Gasteiger partial charge on any atom is -0.0440 e. The second kappa shape index (κ2) is 23.3. The fourth-order valence-corrected chi connectivity index (χ4v) is 2.12. The molecule has 2 rings (SSSR count). The van der Waals surface area contributed by atoms with Crippen molar-refractivity contribution in [3.63, 3.8) is 0 Å². The van der Waals surface area contributed by atoms with Gasteiger partial charge in [0.25, 0.3) is 0 Å². The summed E-state index contributed by atoms with van der Waals surface area (Å²) >= 11 is 0. The Kier molecular flexibility index (Phi) is 32.1. The highest BCUT2D eigenvalue weighted by molar-refractivity contribution is 4.99. The molecule has 1 fully saturated rings. The van der Waals surface area contributed by atoms with Crippen LogP contribution in [0.15, 0.2) is 36.4 Å². The van der Waals surface area contributed by atoms with Gasteiger partial charge in [0, 0.05) is 0 Å². The summed E-state index contributed by atoms with van der Waals surface area (Å²) in [6.07, 6.45) is 5.90. The third-order valence-electron chi connectivity index (χ3n) is 2.87. The van der Waals surface area contributed by atoms with Crippen molar-refractivity contribution < 1.29 is 0 Å². The van der Waals surface area contributed by atoms with Crippen molar-refractivity contribution >= 4 is 0 Å². The maximum atomic E-state index is 2.37. The molecule has 0 saturated heterocycles. The fourth-order valence-electron chi connectivity index (χ4n) is 2.12. The third-order valence-corrected chi connectivity index (χ3v) is 2.87. The van der Waals surface area contributed by atoms with Gasteiger partial charge in [-0.2, -0.15) is 0 Å². The minimum absolute atomic E-state index is 0. The lowest BCUT2D eigenvalue weighted by molar-refractivity contribution is 0.301. The van der Waals surface area contributed by atoms with Gasteiger partial charge in [-0.25, -0.2) is 0 Å². The van der Waals surface area contributed by atoms with Crippen molar-refractivity contribution in [2.75, 3.05) is 0 Å². The summed E-state index contributed by atoms with van der Waals surface area (Å²) in [5.41, 5.74) is 0. The Bertz CT molecular complexity index is 180. The van der Waals surface area contributed by atoms with Crippen molar-refractivity contribution in [2.45, 2.75) is 82.1 Å². The fraction of sp³-hybridized carbons (Fsp3) is 0.700. The van der Waals surface area contributed by atoms with Gasteiger partial charge in [0.05, 0.1) is 0 Å². The normalized spacial score (nSPS) is 18.9. The molecule has 0 aromatic heterocycles. The van der Waals surface area contributed by atoms with Crippen LogP contribution in [0.1, 0.15) is 82.1 Å². The Morgan fingerprint density at radius 3 is 1.00 bits per heavy atom. The van der Waals surface area contributed by atoms with Gasteiger partial charge >= 0.3 is 0 Å². The molecule has 1 saturated carbocycles. The SMILES string of the molecule is C.C.CC.CC.C[C@@H]1CCC[C@H](C)C1.c1ccccc1. The second-order valence-corrected chi connectivity index (χ2v) is 4.53. The molecule has 1 aromatic rings. The van der Waals surface area contributed by atoms with Gasteiger partial charge in [-0.1, -0.05) is 112 Å². The Morgan fingerprint density at radius 2 is 0.850 bits per heavy atom. The molecule has 0 heterocycles. The van der Waals surface area contributed by atoms with Gasteiger partial charge in [0.1, 0.15) is 0 Å². The average molecular weight is 283 g/mol. The molecule has 1 aliphatic carbocycles. The molecule has 1 aromatic carbocycles. The molecule has 122 valence electrons. The van der Waals surface area contributed by atoms with E-state index < -0.39 is 0 Å². The highest BCUT2D eigenvalue weighted by Crippen LogP contribution is 2.27. The van der Waals surface area contributed by atoms with Crippen LogP contribution in [0.2, 0.25) is 0 Å². The van der Waals surface area contributed by atoms with E-state index in [1.54, 1.807) is 0 Å². The summed E-state index contributed by atoms with van der Waals surface area (Å²) in [5, 5.41) is 0. The van der Waals surface area contributed by atoms with Crippen molar-refractivity contribution in [1.29, 1.82) is 0 Å². The molecule has 0 heteroatoms. The highest BCUT2D eigenvalue weighted by atomic mass is 14.2. The first-order chi connectivity index (χ1) is 8.79. The summed E-state index contributed by atoms with van der Waals surface area (Å²) in [6, 6.07) is 12.0. The highest BCUT2D eigenvalue weighted by Gasteiger charge is 2.13. The molecular weight excluding hydrogens is 240 g/mol. The molecule has 2 atom stereocenters.